The van der Waals surface area contributed by atoms with Gasteiger partial charge in [-0.25, -0.2) is 0 Å². The third kappa shape index (κ3) is 2.52. The summed E-state index contributed by atoms with van der Waals surface area (Å²) in [5.41, 5.74) is 6.43. The third-order valence-electron chi connectivity index (χ3n) is 4.43. The van der Waals surface area contributed by atoms with Crippen molar-refractivity contribution in [1.29, 1.82) is 0 Å². The second-order valence-electron chi connectivity index (χ2n) is 5.67. The lowest BCUT2D eigenvalue weighted by atomic mass is 9.81. The molecule has 4 N–H and O–H groups in total. The lowest BCUT2D eigenvalue weighted by Crippen LogP contribution is -2.58. The average molecular weight is 211 g/mol. The van der Waals surface area contributed by atoms with E-state index in [1.54, 1.807) is 0 Å². The van der Waals surface area contributed by atoms with E-state index in [2.05, 4.69) is 24.5 Å². The van der Waals surface area contributed by atoms with E-state index >= 15 is 0 Å². The molecule has 2 aliphatic heterocycles. The summed E-state index contributed by atoms with van der Waals surface area (Å²) < 4.78 is 0. The van der Waals surface area contributed by atoms with Crippen LogP contribution in [0, 0.1) is 11.3 Å². The molecule has 0 radical (unpaired) electrons. The van der Waals surface area contributed by atoms with Crippen LogP contribution in [0.4, 0.5) is 0 Å². The Morgan fingerprint density at radius 3 is 2.87 bits per heavy atom. The quantitative estimate of drug-likeness (QED) is 0.614. The number of nitrogens with two attached hydrogens (primary N) is 1. The largest absolute Gasteiger partial charge is 0.316 e. The third-order valence-corrected chi connectivity index (χ3v) is 4.43. The van der Waals surface area contributed by atoms with Crippen molar-refractivity contribution in [2.45, 2.75) is 58.3 Å². The molecule has 0 aromatic carbocycles. The minimum absolute atomic E-state index is 0.199. The van der Waals surface area contributed by atoms with Gasteiger partial charge in [0.05, 0.1) is 12.3 Å². The maximum absolute atomic E-state index is 5.94. The first-order chi connectivity index (χ1) is 7.13. The van der Waals surface area contributed by atoms with Gasteiger partial charge in [0, 0.05) is 6.54 Å². The summed E-state index contributed by atoms with van der Waals surface area (Å²) in [6.07, 6.45) is 7.05. The number of hydrogen-bond donors (Lipinski definition) is 3. The fourth-order valence-electron chi connectivity index (χ4n) is 2.83. The molecule has 4 unspecified atom stereocenters. The SMILES string of the molecule is CCC1(C)CCC2CCC(N)NC2NC1. The Kier molecular flexibility index (Phi) is 3.33. The standard InChI is InChI=1S/C12H25N3/c1-3-12(2)7-6-9-4-5-10(13)15-11(9)14-8-12/h9-11,14-15H,3-8,13H2,1-2H3. The predicted molar refractivity (Wildman–Crippen MR) is 63.3 cm³/mol. The molecule has 0 spiro atoms. The van der Waals surface area contributed by atoms with Crippen molar-refractivity contribution in [1.82, 2.24) is 10.6 Å². The van der Waals surface area contributed by atoms with Gasteiger partial charge in [0.1, 0.15) is 0 Å². The van der Waals surface area contributed by atoms with Crippen LogP contribution in [0.5, 0.6) is 0 Å². The van der Waals surface area contributed by atoms with Gasteiger partial charge in [-0.15, -0.1) is 0 Å². The summed E-state index contributed by atoms with van der Waals surface area (Å²) in [6.45, 7) is 5.83. The molecule has 0 aromatic rings. The Bertz CT molecular complexity index is 219. The summed E-state index contributed by atoms with van der Waals surface area (Å²) in [5.74, 6) is 0.790. The van der Waals surface area contributed by atoms with Crippen molar-refractivity contribution in [2.75, 3.05) is 6.54 Å². The van der Waals surface area contributed by atoms with Crippen molar-refractivity contribution in [3.63, 3.8) is 0 Å². The fourth-order valence-corrected chi connectivity index (χ4v) is 2.83. The van der Waals surface area contributed by atoms with Crippen LogP contribution in [-0.2, 0) is 0 Å². The molecule has 0 amide bonds. The van der Waals surface area contributed by atoms with Gasteiger partial charge in [0.15, 0.2) is 0 Å². The lowest BCUT2D eigenvalue weighted by molar-refractivity contribution is 0.203. The van der Waals surface area contributed by atoms with E-state index < -0.39 is 0 Å². The van der Waals surface area contributed by atoms with Crippen LogP contribution < -0.4 is 16.4 Å². The summed E-state index contributed by atoms with van der Waals surface area (Å²) in [6, 6.07) is 0. The summed E-state index contributed by atoms with van der Waals surface area (Å²) in [4.78, 5) is 0. The van der Waals surface area contributed by atoms with Crippen molar-refractivity contribution < 1.29 is 0 Å². The highest BCUT2D eigenvalue weighted by Gasteiger charge is 2.34. The highest BCUT2D eigenvalue weighted by atomic mass is 15.2. The van der Waals surface area contributed by atoms with Crippen molar-refractivity contribution in [2.24, 2.45) is 17.1 Å². The molecule has 0 saturated carbocycles. The Balaban J connectivity index is 1.99. The highest BCUT2D eigenvalue weighted by molar-refractivity contribution is 4.90. The molecule has 0 bridgehead atoms. The Labute approximate surface area is 93.2 Å². The van der Waals surface area contributed by atoms with Gasteiger partial charge in [-0.1, -0.05) is 13.8 Å². The van der Waals surface area contributed by atoms with E-state index in [1.807, 2.05) is 0 Å². The molecule has 2 fully saturated rings. The number of hydrogen-bond acceptors (Lipinski definition) is 3. The zero-order chi connectivity index (χ0) is 10.9. The number of rotatable bonds is 1. The molecule has 0 aromatic heterocycles. The van der Waals surface area contributed by atoms with E-state index in [-0.39, 0.29) is 6.17 Å². The second kappa shape index (κ2) is 4.40. The minimum Gasteiger partial charge on any atom is -0.316 e. The lowest BCUT2D eigenvalue weighted by Gasteiger charge is -2.35. The van der Waals surface area contributed by atoms with Crippen LogP contribution in [0.2, 0.25) is 0 Å². The predicted octanol–water partition coefficient (Wildman–Crippen LogP) is 1.40. The van der Waals surface area contributed by atoms with E-state index in [0.29, 0.717) is 11.6 Å². The Morgan fingerprint density at radius 1 is 1.33 bits per heavy atom. The highest BCUT2D eigenvalue weighted by Crippen LogP contribution is 2.34. The van der Waals surface area contributed by atoms with E-state index in [1.165, 1.54) is 25.7 Å². The zero-order valence-corrected chi connectivity index (χ0v) is 10.1. The maximum Gasteiger partial charge on any atom is 0.0612 e. The van der Waals surface area contributed by atoms with Gasteiger partial charge in [0.25, 0.3) is 0 Å². The molecule has 0 aliphatic carbocycles. The smallest absolute Gasteiger partial charge is 0.0612 e. The van der Waals surface area contributed by atoms with Gasteiger partial charge in [-0.05, 0) is 43.4 Å². The van der Waals surface area contributed by atoms with Crippen LogP contribution in [0.3, 0.4) is 0 Å². The molecule has 3 heteroatoms. The van der Waals surface area contributed by atoms with Crippen LogP contribution in [0.15, 0.2) is 0 Å². The fraction of sp³-hybridized carbons (Fsp3) is 1.00. The molecule has 15 heavy (non-hydrogen) atoms. The van der Waals surface area contributed by atoms with Crippen LogP contribution in [0.1, 0.15) is 46.0 Å². The molecule has 2 heterocycles. The molecule has 2 saturated heterocycles. The van der Waals surface area contributed by atoms with E-state index in [4.69, 9.17) is 5.73 Å². The second-order valence-corrected chi connectivity index (χ2v) is 5.67. The van der Waals surface area contributed by atoms with E-state index in [0.717, 1.165) is 18.9 Å². The minimum atomic E-state index is 0.199. The molecule has 88 valence electrons. The maximum atomic E-state index is 5.94. The Morgan fingerprint density at radius 2 is 2.13 bits per heavy atom. The van der Waals surface area contributed by atoms with Gasteiger partial charge in [-0.2, -0.15) is 0 Å². The molecular weight excluding hydrogens is 186 g/mol. The van der Waals surface area contributed by atoms with Gasteiger partial charge >= 0.3 is 0 Å². The van der Waals surface area contributed by atoms with Crippen molar-refractivity contribution >= 4 is 0 Å². The Hall–Kier alpha value is -0.120. The molecular formula is C12H25N3. The van der Waals surface area contributed by atoms with Crippen LogP contribution in [0.25, 0.3) is 0 Å². The summed E-state index contributed by atoms with van der Waals surface area (Å²) in [5, 5.41) is 7.15. The number of fused-ring (bicyclic) bond motifs is 1. The van der Waals surface area contributed by atoms with Gasteiger partial charge in [0.2, 0.25) is 0 Å². The number of piperidine rings is 1. The monoisotopic (exact) mass is 211 g/mol. The number of nitrogens with one attached hydrogen (secondary N) is 2. The van der Waals surface area contributed by atoms with Crippen LogP contribution in [-0.4, -0.2) is 18.9 Å². The summed E-state index contributed by atoms with van der Waals surface area (Å²) >= 11 is 0. The molecule has 2 aliphatic rings. The zero-order valence-electron chi connectivity index (χ0n) is 10.1. The van der Waals surface area contributed by atoms with E-state index in [9.17, 15) is 0 Å². The first-order valence-corrected chi connectivity index (χ1v) is 6.38. The molecule has 2 rings (SSSR count). The average Bonchev–Trinajstić information content (AvgIpc) is 2.40. The normalized spacial score (nSPS) is 47.0. The first-order valence-electron chi connectivity index (χ1n) is 6.38. The van der Waals surface area contributed by atoms with Crippen molar-refractivity contribution in [3.8, 4) is 0 Å². The van der Waals surface area contributed by atoms with Gasteiger partial charge in [-0.3, -0.25) is 5.32 Å². The first kappa shape index (κ1) is 11.4. The van der Waals surface area contributed by atoms with Gasteiger partial charge < -0.3 is 11.1 Å². The summed E-state index contributed by atoms with van der Waals surface area (Å²) in [7, 11) is 0. The van der Waals surface area contributed by atoms with Crippen LogP contribution >= 0.6 is 0 Å². The topological polar surface area (TPSA) is 50.1 Å². The molecule has 3 nitrogen and oxygen atoms in total. The molecule has 4 atom stereocenters. The van der Waals surface area contributed by atoms with Crippen molar-refractivity contribution in [3.05, 3.63) is 0 Å².